The van der Waals surface area contributed by atoms with Crippen LogP contribution in [0.25, 0.3) is 22.6 Å². The van der Waals surface area contributed by atoms with Gasteiger partial charge < -0.3 is 15.2 Å². The molecule has 0 bridgehead atoms. The first-order chi connectivity index (χ1) is 14.6. The standard InChI is InChI=1S/C19H16FN7O3/c20-13-6-2-1-4-11(13)8-27-16-12(5-3-7-21-16)14(26-27)15-22-17(25-24-15)19(9-30-10-19)23-18(28)29/h1-7,23H,8-10H2,(H,28,29)(H,22,24,25). The first kappa shape index (κ1) is 18.2. The summed E-state index contributed by atoms with van der Waals surface area (Å²) in [6.45, 7) is 0.492. The van der Waals surface area contributed by atoms with Gasteiger partial charge in [-0.3, -0.25) is 5.10 Å². The predicted octanol–water partition coefficient (Wildman–Crippen LogP) is 1.90. The summed E-state index contributed by atoms with van der Waals surface area (Å²) in [6.07, 6.45) is 0.451. The molecule has 0 aliphatic carbocycles. The Morgan fingerprint density at radius 1 is 1.30 bits per heavy atom. The van der Waals surface area contributed by atoms with Crippen molar-refractivity contribution < 1.29 is 19.0 Å². The van der Waals surface area contributed by atoms with E-state index in [2.05, 4.69) is 30.6 Å². The summed E-state index contributed by atoms with van der Waals surface area (Å²) in [6, 6.07) is 10.1. The quantitative estimate of drug-likeness (QED) is 0.459. The number of carbonyl (C=O) groups is 1. The maximum Gasteiger partial charge on any atom is 0.405 e. The normalized spacial score (nSPS) is 15.1. The number of nitrogens with zero attached hydrogens (tertiary/aromatic N) is 5. The number of ether oxygens (including phenoxy) is 1. The van der Waals surface area contributed by atoms with E-state index in [0.29, 0.717) is 28.1 Å². The van der Waals surface area contributed by atoms with Crippen molar-refractivity contribution in [3.8, 4) is 11.5 Å². The Kier molecular flexibility index (Phi) is 4.17. The monoisotopic (exact) mass is 409 g/mol. The van der Waals surface area contributed by atoms with Crippen molar-refractivity contribution in [3.05, 3.63) is 59.8 Å². The van der Waals surface area contributed by atoms with E-state index in [0.717, 1.165) is 0 Å². The predicted molar refractivity (Wildman–Crippen MR) is 102 cm³/mol. The van der Waals surface area contributed by atoms with E-state index in [1.807, 2.05) is 6.07 Å². The summed E-state index contributed by atoms with van der Waals surface area (Å²) in [5.41, 5.74) is 0.530. The number of carboxylic acid groups (broad SMARTS) is 1. The summed E-state index contributed by atoms with van der Waals surface area (Å²) in [5, 5.41) is 23.8. The fourth-order valence-corrected chi connectivity index (χ4v) is 3.43. The Hall–Kier alpha value is -3.86. The van der Waals surface area contributed by atoms with Crippen LogP contribution in [0.1, 0.15) is 11.4 Å². The van der Waals surface area contributed by atoms with Gasteiger partial charge in [0.25, 0.3) is 0 Å². The van der Waals surface area contributed by atoms with Crippen LogP contribution in [-0.4, -0.2) is 54.4 Å². The van der Waals surface area contributed by atoms with Crippen LogP contribution in [0, 0.1) is 5.82 Å². The lowest BCUT2D eigenvalue weighted by Gasteiger charge is -2.38. The number of pyridine rings is 1. The highest BCUT2D eigenvalue weighted by molar-refractivity contribution is 5.89. The van der Waals surface area contributed by atoms with Gasteiger partial charge in [-0.05, 0) is 18.2 Å². The number of aromatic nitrogens is 6. The van der Waals surface area contributed by atoms with Gasteiger partial charge >= 0.3 is 6.09 Å². The van der Waals surface area contributed by atoms with Gasteiger partial charge in [-0.2, -0.15) is 10.2 Å². The first-order valence-electron chi connectivity index (χ1n) is 9.13. The second kappa shape index (κ2) is 6.88. The molecule has 1 aliphatic heterocycles. The molecule has 30 heavy (non-hydrogen) atoms. The van der Waals surface area contributed by atoms with Crippen LogP contribution >= 0.6 is 0 Å². The molecule has 1 aliphatic rings. The first-order valence-corrected chi connectivity index (χ1v) is 9.13. The third-order valence-corrected chi connectivity index (χ3v) is 4.98. The van der Waals surface area contributed by atoms with Crippen LogP contribution in [0.15, 0.2) is 42.6 Å². The number of hydrogen-bond donors (Lipinski definition) is 3. The van der Waals surface area contributed by atoms with Crippen LogP contribution in [0.4, 0.5) is 9.18 Å². The zero-order valence-electron chi connectivity index (χ0n) is 15.5. The average molecular weight is 409 g/mol. The van der Waals surface area contributed by atoms with Crippen molar-refractivity contribution in [2.24, 2.45) is 0 Å². The van der Waals surface area contributed by atoms with Gasteiger partial charge in [0.15, 0.2) is 11.5 Å². The van der Waals surface area contributed by atoms with Crippen molar-refractivity contribution in [1.82, 2.24) is 35.3 Å². The number of amides is 1. The third kappa shape index (κ3) is 2.95. The fourth-order valence-electron chi connectivity index (χ4n) is 3.43. The second-order valence-corrected chi connectivity index (χ2v) is 6.98. The molecule has 10 nitrogen and oxygen atoms in total. The number of nitrogens with one attached hydrogen (secondary N) is 2. The Morgan fingerprint density at radius 3 is 2.87 bits per heavy atom. The van der Waals surface area contributed by atoms with E-state index < -0.39 is 11.6 Å². The molecule has 1 saturated heterocycles. The highest BCUT2D eigenvalue weighted by Crippen LogP contribution is 2.30. The Morgan fingerprint density at radius 2 is 2.13 bits per heavy atom. The number of H-pyrrole nitrogens is 1. The van der Waals surface area contributed by atoms with Crippen LogP contribution in [-0.2, 0) is 16.8 Å². The van der Waals surface area contributed by atoms with Crippen LogP contribution in [0.3, 0.4) is 0 Å². The summed E-state index contributed by atoms with van der Waals surface area (Å²) >= 11 is 0. The van der Waals surface area contributed by atoms with Gasteiger partial charge in [0.05, 0.1) is 25.1 Å². The summed E-state index contributed by atoms with van der Waals surface area (Å²) in [4.78, 5) is 20.0. The molecule has 3 aromatic heterocycles. The molecule has 1 aromatic carbocycles. The molecule has 3 N–H and O–H groups in total. The van der Waals surface area contributed by atoms with E-state index >= 15 is 0 Å². The van der Waals surface area contributed by atoms with Crippen LogP contribution in [0.5, 0.6) is 0 Å². The van der Waals surface area contributed by atoms with Gasteiger partial charge in [-0.1, -0.05) is 18.2 Å². The minimum atomic E-state index is -1.18. The topological polar surface area (TPSA) is 131 Å². The molecule has 0 radical (unpaired) electrons. The molecule has 0 saturated carbocycles. The van der Waals surface area contributed by atoms with Crippen molar-refractivity contribution in [1.29, 1.82) is 0 Å². The van der Waals surface area contributed by atoms with Crippen LogP contribution < -0.4 is 5.32 Å². The van der Waals surface area contributed by atoms with Gasteiger partial charge in [-0.25, -0.2) is 23.8 Å². The number of fused-ring (bicyclic) bond motifs is 1. The smallest absolute Gasteiger partial charge is 0.405 e. The number of aromatic amines is 1. The molecular formula is C19H16FN7O3. The lowest BCUT2D eigenvalue weighted by Crippen LogP contribution is -2.59. The molecule has 0 unspecified atom stereocenters. The summed E-state index contributed by atoms with van der Waals surface area (Å²) in [5.74, 6) is 0.297. The van der Waals surface area contributed by atoms with Gasteiger partial charge in [0.1, 0.15) is 17.1 Å². The highest BCUT2D eigenvalue weighted by atomic mass is 19.1. The maximum atomic E-state index is 14.1. The van der Waals surface area contributed by atoms with Crippen molar-refractivity contribution in [2.75, 3.05) is 13.2 Å². The fraction of sp³-hybridized carbons (Fsp3) is 0.211. The van der Waals surface area contributed by atoms with Gasteiger partial charge in [0, 0.05) is 11.8 Å². The largest absolute Gasteiger partial charge is 0.465 e. The number of halogens is 1. The van der Waals surface area contributed by atoms with E-state index in [4.69, 9.17) is 9.84 Å². The molecule has 1 fully saturated rings. The molecule has 4 aromatic rings. The summed E-state index contributed by atoms with van der Waals surface area (Å²) < 4.78 is 20.9. The van der Waals surface area contributed by atoms with Crippen molar-refractivity contribution in [2.45, 2.75) is 12.1 Å². The Balaban J connectivity index is 1.55. The number of rotatable bonds is 5. The second-order valence-electron chi connectivity index (χ2n) is 6.98. The zero-order chi connectivity index (χ0) is 20.7. The van der Waals surface area contributed by atoms with E-state index in [1.165, 1.54) is 6.07 Å². The molecule has 0 atom stereocenters. The zero-order valence-corrected chi connectivity index (χ0v) is 15.5. The van der Waals surface area contributed by atoms with Gasteiger partial charge in [0.2, 0.25) is 5.82 Å². The number of hydrogen-bond acceptors (Lipinski definition) is 6. The maximum absolute atomic E-state index is 14.1. The lowest BCUT2D eigenvalue weighted by atomic mass is 9.97. The highest BCUT2D eigenvalue weighted by Gasteiger charge is 2.45. The van der Waals surface area contributed by atoms with Crippen molar-refractivity contribution >= 4 is 17.1 Å². The number of benzene rings is 1. The van der Waals surface area contributed by atoms with E-state index in [-0.39, 0.29) is 31.4 Å². The third-order valence-electron chi connectivity index (χ3n) is 4.98. The molecule has 11 heteroatoms. The molecule has 5 rings (SSSR count). The minimum absolute atomic E-state index is 0.151. The van der Waals surface area contributed by atoms with Crippen LogP contribution in [0.2, 0.25) is 0 Å². The van der Waals surface area contributed by atoms with Crippen molar-refractivity contribution in [3.63, 3.8) is 0 Å². The lowest BCUT2D eigenvalue weighted by molar-refractivity contribution is -0.0786. The van der Waals surface area contributed by atoms with E-state index in [9.17, 15) is 9.18 Å². The molecule has 1 amide bonds. The van der Waals surface area contributed by atoms with Gasteiger partial charge in [-0.15, -0.1) is 0 Å². The molecular weight excluding hydrogens is 393 g/mol. The molecule has 152 valence electrons. The average Bonchev–Trinajstić information content (AvgIpc) is 3.32. The SMILES string of the molecule is O=C(O)NC1(c2nc(-c3nn(Cc4ccccc4F)c4ncccc34)n[nH]2)COC1. The summed E-state index contributed by atoms with van der Waals surface area (Å²) in [7, 11) is 0. The molecule has 4 heterocycles. The Bertz CT molecular complexity index is 1250. The minimum Gasteiger partial charge on any atom is -0.465 e. The Labute approximate surface area is 168 Å². The molecule has 0 spiro atoms. The van der Waals surface area contributed by atoms with E-state index in [1.54, 1.807) is 35.1 Å².